The minimum absolute atomic E-state index is 0.175. The van der Waals surface area contributed by atoms with Gasteiger partial charge >= 0.3 is 6.18 Å². The minimum atomic E-state index is -4.49. The number of ether oxygens (including phenoxy) is 1. The van der Waals surface area contributed by atoms with Crippen LogP contribution in [0.4, 0.5) is 13.2 Å². The maximum atomic E-state index is 13.4. The van der Waals surface area contributed by atoms with E-state index < -0.39 is 17.3 Å². The fraction of sp³-hybridized carbons (Fsp3) is 0.500. The molecule has 3 fully saturated rings. The Balaban J connectivity index is 1.27. The Morgan fingerprint density at radius 1 is 1.07 bits per heavy atom. The molecule has 3 aliphatic rings. The molecule has 0 aliphatic heterocycles. The molecule has 40 heavy (non-hydrogen) atoms. The first-order chi connectivity index (χ1) is 19.1. The van der Waals surface area contributed by atoms with Gasteiger partial charge in [-0.05, 0) is 56.4 Å². The number of hydrogen-bond acceptors (Lipinski definition) is 7. The summed E-state index contributed by atoms with van der Waals surface area (Å²) < 4.78 is 49.0. The van der Waals surface area contributed by atoms with Crippen molar-refractivity contribution in [3.63, 3.8) is 0 Å². The monoisotopic (exact) mass is 551 g/mol. The summed E-state index contributed by atoms with van der Waals surface area (Å²) >= 11 is 0. The number of aromatic nitrogens is 7. The molecule has 0 amide bonds. The molecule has 7 rings (SSSR count). The third-order valence-electron chi connectivity index (χ3n) is 9.06. The number of alkyl halides is 3. The van der Waals surface area contributed by atoms with E-state index in [1.54, 1.807) is 31.0 Å². The summed E-state index contributed by atoms with van der Waals surface area (Å²) in [6, 6.07) is 3.24. The Kier molecular flexibility index (Phi) is 5.40. The van der Waals surface area contributed by atoms with Crippen molar-refractivity contribution in [1.82, 2.24) is 34.1 Å². The number of halogens is 3. The van der Waals surface area contributed by atoms with Crippen molar-refractivity contribution in [3.8, 4) is 17.3 Å². The first-order valence-corrected chi connectivity index (χ1v) is 13.5. The number of methoxy groups -OCH3 is 1. The van der Waals surface area contributed by atoms with Gasteiger partial charge < -0.3 is 9.30 Å². The summed E-state index contributed by atoms with van der Waals surface area (Å²) in [6.07, 6.45) is 5.57. The Morgan fingerprint density at radius 2 is 1.85 bits per heavy atom. The summed E-state index contributed by atoms with van der Waals surface area (Å²) in [6.45, 7) is 0.426. The lowest BCUT2D eigenvalue weighted by Crippen LogP contribution is -2.30. The van der Waals surface area contributed by atoms with Crippen molar-refractivity contribution < 1.29 is 17.9 Å². The number of hydrogen-bond donors (Lipinski definition) is 0. The van der Waals surface area contributed by atoms with Gasteiger partial charge in [-0.3, -0.25) is 9.36 Å². The first kappa shape index (κ1) is 25.2. The fourth-order valence-electron chi connectivity index (χ4n) is 7.04. The van der Waals surface area contributed by atoms with Crippen molar-refractivity contribution in [2.45, 2.75) is 69.0 Å². The molecule has 3 saturated carbocycles. The first-order valence-electron chi connectivity index (χ1n) is 13.5. The van der Waals surface area contributed by atoms with Crippen molar-refractivity contribution in [1.29, 1.82) is 0 Å². The zero-order valence-electron chi connectivity index (χ0n) is 22.2. The maximum Gasteiger partial charge on any atom is 0.434 e. The van der Waals surface area contributed by atoms with E-state index >= 15 is 0 Å². The molecule has 0 atom stereocenters. The molecule has 4 aromatic heterocycles. The molecular weight excluding hydrogens is 523 g/mol. The molecule has 0 unspecified atom stereocenters. The molecule has 0 radical (unpaired) electrons. The van der Waals surface area contributed by atoms with Gasteiger partial charge in [-0.2, -0.15) is 13.2 Å². The van der Waals surface area contributed by atoms with Crippen LogP contribution in [-0.2, 0) is 25.2 Å². The van der Waals surface area contributed by atoms with Crippen LogP contribution in [0.5, 0.6) is 5.88 Å². The van der Waals surface area contributed by atoms with Crippen LogP contribution in [0, 0.1) is 5.41 Å². The standard InChI is InChI=1S/C28H28F3N7O2/c1-37-12-18(28(29,30)31)35-25(37)27-9-7-26(13-27,8-10-27)14-38-19(39)6-5-17-11-32-22(36-23(17)38)20-21(16-3-4-16)33-15-34-24(20)40-2/h5-6,11-12,15-16H,3-4,7-10,13-14H2,1-2H3. The average molecular weight is 552 g/mol. The van der Waals surface area contributed by atoms with Crippen molar-refractivity contribution >= 4 is 11.0 Å². The van der Waals surface area contributed by atoms with E-state index in [2.05, 4.69) is 19.9 Å². The molecule has 0 saturated heterocycles. The van der Waals surface area contributed by atoms with Crippen LogP contribution in [0.3, 0.4) is 0 Å². The molecule has 208 valence electrons. The normalized spacial score (nSPS) is 24.2. The highest BCUT2D eigenvalue weighted by Gasteiger charge is 2.57. The summed E-state index contributed by atoms with van der Waals surface area (Å²) in [4.78, 5) is 35.6. The number of pyridine rings is 1. The van der Waals surface area contributed by atoms with Crippen LogP contribution in [0.2, 0.25) is 0 Å². The Bertz CT molecular complexity index is 1700. The summed E-state index contributed by atoms with van der Waals surface area (Å²) in [5.41, 5.74) is 0.307. The highest BCUT2D eigenvalue weighted by atomic mass is 19.4. The van der Waals surface area contributed by atoms with Gasteiger partial charge in [0.2, 0.25) is 5.88 Å². The van der Waals surface area contributed by atoms with Crippen molar-refractivity contribution in [2.24, 2.45) is 12.5 Å². The third-order valence-corrected chi connectivity index (χ3v) is 9.06. The molecule has 9 nitrogen and oxygen atoms in total. The second-order valence-electron chi connectivity index (χ2n) is 11.7. The second-order valence-corrected chi connectivity index (χ2v) is 11.7. The van der Waals surface area contributed by atoms with Gasteiger partial charge in [0.05, 0.1) is 12.8 Å². The lowest BCUT2D eigenvalue weighted by molar-refractivity contribution is -0.141. The summed E-state index contributed by atoms with van der Waals surface area (Å²) in [7, 11) is 3.18. The predicted molar refractivity (Wildman–Crippen MR) is 139 cm³/mol. The fourth-order valence-corrected chi connectivity index (χ4v) is 7.04. The molecule has 2 bridgehead atoms. The summed E-state index contributed by atoms with van der Waals surface area (Å²) in [5, 5.41) is 0.727. The van der Waals surface area contributed by atoms with E-state index in [1.165, 1.54) is 17.0 Å². The van der Waals surface area contributed by atoms with Crippen LogP contribution >= 0.6 is 0 Å². The highest BCUT2D eigenvalue weighted by molar-refractivity contribution is 5.77. The van der Waals surface area contributed by atoms with Gasteiger partial charge in [-0.15, -0.1) is 0 Å². The van der Waals surface area contributed by atoms with Gasteiger partial charge in [0.25, 0.3) is 5.56 Å². The van der Waals surface area contributed by atoms with Gasteiger partial charge in [0.15, 0.2) is 11.5 Å². The van der Waals surface area contributed by atoms with E-state index in [4.69, 9.17) is 9.72 Å². The molecule has 0 N–H and O–H groups in total. The van der Waals surface area contributed by atoms with E-state index in [-0.39, 0.29) is 11.0 Å². The number of fused-ring (bicyclic) bond motifs is 3. The molecule has 0 aromatic carbocycles. The lowest BCUT2D eigenvalue weighted by Gasteiger charge is -2.28. The van der Waals surface area contributed by atoms with Crippen LogP contribution < -0.4 is 10.3 Å². The number of aryl methyl sites for hydroxylation is 1. The van der Waals surface area contributed by atoms with E-state index in [0.717, 1.165) is 55.8 Å². The molecule has 12 heteroatoms. The van der Waals surface area contributed by atoms with Crippen molar-refractivity contribution in [2.75, 3.05) is 7.11 Å². The number of rotatable bonds is 6. The van der Waals surface area contributed by atoms with Crippen LogP contribution in [0.1, 0.15) is 68.1 Å². The lowest BCUT2D eigenvalue weighted by atomic mass is 9.81. The van der Waals surface area contributed by atoms with Crippen molar-refractivity contribution in [3.05, 3.63) is 58.4 Å². The number of nitrogens with zero attached hydrogens (tertiary/aromatic N) is 7. The highest BCUT2D eigenvalue weighted by Crippen LogP contribution is 2.62. The van der Waals surface area contributed by atoms with E-state index in [9.17, 15) is 18.0 Å². The van der Waals surface area contributed by atoms with E-state index in [0.29, 0.717) is 47.6 Å². The minimum Gasteiger partial charge on any atom is -0.480 e. The smallest absolute Gasteiger partial charge is 0.434 e. The number of imidazole rings is 1. The molecule has 4 aromatic rings. The zero-order valence-corrected chi connectivity index (χ0v) is 22.2. The Morgan fingerprint density at radius 3 is 2.52 bits per heavy atom. The Hall–Kier alpha value is -3.83. The van der Waals surface area contributed by atoms with E-state index in [1.807, 2.05) is 0 Å². The van der Waals surface area contributed by atoms with Gasteiger partial charge in [-0.25, -0.2) is 24.9 Å². The van der Waals surface area contributed by atoms with Gasteiger partial charge in [-0.1, -0.05) is 0 Å². The summed E-state index contributed by atoms with van der Waals surface area (Å²) in [5.74, 6) is 1.59. The molecule has 0 spiro atoms. The van der Waals surface area contributed by atoms with Gasteiger partial charge in [0.1, 0.15) is 23.4 Å². The SMILES string of the molecule is COc1ncnc(C2CC2)c1-c1ncc2ccc(=O)n(CC34CCC(c5nc(C(F)(F)F)cn5C)(CC3)C4)c2n1. The van der Waals surface area contributed by atoms with Crippen LogP contribution in [0.15, 0.2) is 35.6 Å². The molecule has 3 aliphatic carbocycles. The maximum absolute atomic E-state index is 13.4. The topological polar surface area (TPSA) is 101 Å². The Labute approximate surface area is 227 Å². The van der Waals surface area contributed by atoms with Crippen LogP contribution in [-0.4, -0.2) is 41.2 Å². The average Bonchev–Trinajstić information content (AvgIpc) is 3.46. The predicted octanol–water partition coefficient (Wildman–Crippen LogP) is 4.79. The van der Waals surface area contributed by atoms with Gasteiger partial charge in [0, 0.05) is 48.8 Å². The molecular formula is C28H28F3N7O2. The van der Waals surface area contributed by atoms with Crippen LogP contribution in [0.25, 0.3) is 22.4 Å². The zero-order chi connectivity index (χ0) is 27.9. The second kappa shape index (κ2) is 8.58. The largest absolute Gasteiger partial charge is 0.480 e. The molecule has 4 heterocycles. The quantitative estimate of drug-likeness (QED) is 0.340. The third kappa shape index (κ3) is 3.90.